The second-order valence-corrected chi connectivity index (χ2v) is 5.10. The molecule has 0 bridgehead atoms. The van der Waals surface area contributed by atoms with E-state index in [0.29, 0.717) is 0 Å². The Morgan fingerprint density at radius 3 is 2.80 bits per heavy atom. The fraction of sp³-hybridized carbons (Fsp3) is 0.357. The topological polar surface area (TPSA) is 90.8 Å². The van der Waals surface area contributed by atoms with E-state index < -0.39 is 17.4 Å². The van der Waals surface area contributed by atoms with E-state index in [4.69, 9.17) is 10.3 Å². The number of carbonyl (C=O) groups excluding carboxylic acids is 1. The molecule has 0 saturated carbocycles. The maximum Gasteiger partial charge on any atom is 0.315 e. The molecule has 20 heavy (non-hydrogen) atoms. The number of benzene rings is 1. The van der Waals surface area contributed by atoms with Crippen molar-refractivity contribution in [3.8, 4) is 0 Å². The minimum Gasteiger partial charge on any atom is -0.469 e. The number of H-pyrrole nitrogens is 1. The third-order valence-electron chi connectivity index (χ3n) is 3.56. The number of azide groups is 1. The summed E-state index contributed by atoms with van der Waals surface area (Å²) >= 11 is 0. The first-order chi connectivity index (χ1) is 9.52. The van der Waals surface area contributed by atoms with Crippen molar-refractivity contribution in [2.45, 2.75) is 25.3 Å². The zero-order valence-electron chi connectivity index (χ0n) is 11.6. The van der Waals surface area contributed by atoms with Crippen LogP contribution in [0.3, 0.4) is 0 Å². The fourth-order valence-corrected chi connectivity index (χ4v) is 2.40. The van der Waals surface area contributed by atoms with Gasteiger partial charge in [0.05, 0.1) is 7.11 Å². The zero-order valence-corrected chi connectivity index (χ0v) is 11.6. The summed E-state index contributed by atoms with van der Waals surface area (Å²) in [4.78, 5) is 17.8. The Bertz CT molecular complexity index is 683. The van der Waals surface area contributed by atoms with Crippen LogP contribution >= 0.6 is 0 Å². The van der Waals surface area contributed by atoms with E-state index in [2.05, 4.69) is 15.0 Å². The first-order valence-electron chi connectivity index (χ1n) is 6.21. The van der Waals surface area contributed by atoms with Gasteiger partial charge in [0.25, 0.3) is 0 Å². The highest BCUT2D eigenvalue weighted by molar-refractivity contribution is 5.86. The van der Waals surface area contributed by atoms with E-state index in [1.165, 1.54) is 7.11 Å². The predicted octanol–water partition coefficient (Wildman–Crippen LogP) is 3.30. The molecule has 1 aromatic carbocycles. The maximum absolute atomic E-state index is 11.9. The van der Waals surface area contributed by atoms with Crippen LogP contribution in [0.2, 0.25) is 0 Å². The second kappa shape index (κ2) is 5.27. The van der Waals surface area contributed by atoms with Crippen molar-refractivity contribution in [2.75, 3.05) is 7.11 Å². The summed E-state index contributed by atoms with van der Waals surface area (Å²) in [5.74, 6) is -0.543. The standard InChI is InChI=1S/C14H16N4O2/c1-14(2,12(17-18-15)13(19)20-3)10-8-16-11-7-5-4-6-9(10)11/h4-8,12,16H,1-3H3. The number of carbonyl (C=O) groups is 1. The number of hydrogen-bond acceptors (Lipinski definition) is 3. The number of rotatable bonds is 4. The first kappa shape index (κ1) is 14.0. The molecule has 1 atom stereocenters. The molecule has 0 aliphatic heterocycles. The van der Waals surface area contributed by atoms with Crippen LogP contribution in [0.1, 0.15) is 19.4 Å². The number of esters is 1. The van der Waals surface area contributed by atoms with Gasteiger partial charge in [-0.05, 0) is 17.2 Å². The molecule has 104 valence electrons. The van der Waals surface area contributed by atoms with Gasteiger partial charge in [-0.3, -0.25) is 4.79 Å². The van der Waals surface area contributed by atoms with Crippen molar-refractivity contribution in [3.05, 3.63) is 46.5 Å². The monoisotopic (exact) mass is 272 g/mol. The predicted molar refractivity (Wildman–Crippen MR) is 76.3 cm³/mol. The highest BCUT2D eigenvalue weighted by atomic mass is 16.5. The van der Waals surface area contributed by atoms with Gasteiger partial charge in [0, 0.05) is 27.4 Å². The number of nitrogens with zero attached hydrogens (tertiary/aromatic N) is 3. The molecule has 0 spiro atoms. The molecule has 1 heterocycles. The highest BCUT2D eigenvalue weighted by Gasteiger charge is 2.38. The van der Waals surface area contributed by atoms with Gasteiger partial charge in [0.2, 0.25) is 0 Å². The highest BCUT2D eigenvalue weighted by Crippen LogP contribution is 2.35. The number of nitrogens with one attached hydrogen (secondary N) is 1. The molecule has 0 amide bonds. The Kier molecular flexibility index (Phi) is 3.68. The van der Waals surface area contributed by atoms with Gasteiger partial charge in [-0.2, -0.15) is 0 Å². The SMILES string of the molecule is COC(=O)C(N=[N+]=[N-])C(C)(C)c1c[nH]c2ccccc12. The summed E-state index contributed by atoms with van der Waals surface area (Å²) in [7, 11) is 1.29. The minimum absolute atomic E-state index is 0.543. The smallest absolute Gasteiger partial charge is 0.315 e. The van der Waals surface area contributed by atoms with Crippen LogP contribution in [0.5, 0.6) is 0 Å². The third-order valence-corrected chi connectivity index (χ3v) is 3.56. The number of ether oxygens (including phenoxy) is 1. The molecule has 1 unspecified atom stereocenters. The Labute approximate surface area is 116 Å². The van der Waals surface area contributed by atoms with Gasteiger partial charge in [-0.15, -0.1) is 0 Å². The summed E-state index contributed by atoms with van der Waals surface area (Å²) in [5.41, 5.74) is 9.90. The Hall–Kier alpha value is -2.46. The van der Waals surface area contributed by atoms with Gasteiger partial charge >= 0.3 is 5.97 Å². The average Bonchev–Trinajstić information content (AvgIpc) is 2.88. The fourth-order valence-electron chi connectivity index (χ4n) is 2.40. The zero-order chi connectivity index (χ0) is 14.8. The summed E-state index contributed by atoms with van der Waals surface area (Å²) in [6.45, 7) is 3.72. The lowest BCUT2D eigenvalue weighted by Crippen LogP contribution is -2.39. The van der Waals surface area contributed by atoms with Crippen LogP contribution < -0.4 is 0 Å². The molecule has 0 fully saturated rings. The number of aromatic nitrogens is 1. The molecule has 6 nitrogen and oxygen atoms in total. The molecule has 0 saturated heterocycles. The van der Waals surface area contributed by atoms with E-state index in [0.717, 1.165) is 16.5 Å². The van der Waals surface area contributed by atoms with Crippen LogP contribution in [-0.2, 0) is 14.9 Å². The molecule has 2 aromatic rings. The van der Waals surface area contributed by atoms with Gasteiger partial charge in [0.1, 0.15) is 6.04 Å². The maximum atomic E-state index is 11.9. The second-order valence-electron chi connectivity index (χ2n) is 5.10. The Balaban J connectivity index is 2.57. The van der Waals surface area contributed by atoms with E-state index >= 15 is 0 Å². The van der Waals surface area contributed by atoms with Crippen molar-refractivity contribution in [2.24, 2.45) is 5.11 Å². The molecule has 2 rings (SSSR count). The largest absolute Gasteiger partial charge is 0.469 e. The summed E-state index contributed by atoms with van der Waals surface area (Å²) < 4.78 is 4.75. The molecule has 0 aliphatic rings. The van der Waals surface area contributed by atoms with Gasteiger partial charge in [0.15, 0.2) is 0 Å². The van der Waals surface area contributed by atoms with E-state index in [-0.39, 0.29) is 0 Å². The number of aromatic amines is 1. The summed E-state index contributed by atoms with van der Waals surface area (Å²) in [6.07, 6.45) is 1.84. The van der Waals surface area contributed by atoms with Gasteiger partial charge in [-0.1, -0.05) is 37.2 Å². The molecular weight excluding hydrogens is 256 g/mol. The van der Waals surface area contributed by atoms with Gasteiger partial charge in [-0.25, -0.2) is 0 Å². The molecular formula is C14H16N4O2. The molecule has 0 radical (unpaired) electrons. The lowest BCUT2D eigenvalue weighted by atomic mass is 9.78. The summed E-state index contributed by atoms with van der Waals surface area (Å²) in [5, 5.41) is 4.62. The van der Waals surface area contributed by atoms with Crippen molar-refractivity contribution < 1.29 is 9.53 Å². The van der Waals surface area contributed by atoms with Crippen molar-refractivity contribution >= 4 is 16.9 Å². The number of hydrogen-bond donors (Lipinski definition) is 1. The van der Waals surface area contributed by atoms with Crippen molar-refractivity contribution in [1.29, 1.82) is 0 Å². The summed E-state index contributed by atoms with van der Waals surface area (Å²) in [6, 6.07) is 6.86. The lowest BCUT2D eigenvalue weighted by molar-refractivity contribution is -0.143. The number of para-hydroxylation sites is 1. The van der Waals surface area contributed by atoms with Crippen molar-refractivity contribution in [1.82, 2.24) is 4.98 Å². The van der Waals surface area contributed by atoms with Crippen LogP contribution in [0, 0.1) is 0 Å². The first-order valence-corrected chi connectivity index (χ1v) is 6.21. The van der Waals surface area contributed by atoms with E-state index in [1.54, 1.807) is 0 Å². The van der Waals surface area contributed by atoms with Crippen LogP contribution in [0.15, 0.2) is 35.6 Å². The molecule has 1 aromatic heterocycles. The van der Waals surface area contributed by atoms with Crippen LogP contribution in [-0.4, -0.2) is 24.1 Å². The lowest BCUT2D eigenvalue weighted by Gasteiger charge is -2.29. The van der Waals surface area contributed by atoms with Crippen LogP contribution in [0.25, 0.3) is 21.3 Å². The number of fused-ring (bicyclic) bond motifs is 1. The van der Waals surface area contributed by atoms with Crippen molar-refractivity contribution in [3.63, 3.8) is 0 Å². The van der Waals surface area contributed by atoms with Gasteiger partial charge < -0.3 is 9.72 Å². The Morgan fingerprint density at radius 2 is 2.15 bits per heavy atom. The quantitative estimate of drug-likeness (QED) is 0.400. The van der Waals surface area contributed by atoms with Crippen LogP contribution in [0.4, 0.5) is 0 Å². The Morgan fingerprint density at radius 1 is 1.45 bits per heavy atom. The average molecular weight is 272 g/mol. The molecule has 1 N–H and O–H groups in total. The normalized spacial score (nSPS) is 12.8. The number of methoxy groups -OCH3 is 1. The third kappa shape index (κ3) is 2.21. The van der Waals surface area contributed by atoms with E-state index in [1.807, 2.05) is 44.3 Å². The molecule has 6 heteroatoms. The molecule has 0 aliphatic carbocycles. The minimum atomic E-state index is -0.920. The van der Waals surface area contributed by atoms with E-state index in [9.17, 15) is 4.79 Å².